The van der Waals surface area contributed by atoms with Gasteiger partial charge in [0.15, 0.2) is 0 Å². The molecule has 0 aliphatic rings. The van der Waals surface area contributed by atoms with Gasteiger partial charge in [0.25, 0.3) is 0 Å². The van der Waals surface area contributed by atoms with Crippen molar-refractivity contribution in [3.05, 3.63) is 41.2 Å². The van der Waals surface area contributed by atoms with Gasteiger partial charge in [-0.15, -0.1) is 0 Å². The molecule has 1 aromatic carbocycles. The number of carbonyl (C=O) groups is 1. The molecule has 0 amide bonds. The minimum atomic E-state index is 0.547. The lowest BCUT2D eigenvalue weighted by atomic mass is 10.1. The summed E-state index contributed by atoms with van der Waals surface area (Å²) in [4.78, 5) is 14.9. The molecule has 0 saturated heterocycles. The van der Waals surface area contributed by atoms with Gasteiger partial charge in [0.1, 0.15) is 12.1 Å². The van der Waals surface area contributed by atoms with Gasteiger partial charge in [-0.1, -0.05) is 17.7 Å². The van der Waals surface area contributed by atoms with Gasteiger partial charge < -0.3 is 4.57 Å². The average Bonchev–Trinajstić information content (AvgIpc) is 2.76. The van der Waals surface area contributed by atoms with E-state index >= 15 is 0 Å². The lowest BCUT2D eigenvalue weighted by Crippen LogP contribution is -1.96. The van der Waals surface area contributed by atoms with E-state index in [4.69, 9.17) is 11.6 Å². The Labute approximate surface area is 98.7 Å². The monoisotopic (exact) mass is 234 g/mol. The Morgan fingerprint density at radius 2 is 2.31 bits per heavy atom. The number of rotatable bonds is 3. The predicted octanol–water partition coefficient (Wildman–Crippen LogP) is 3.04. The molecule has 0 unspecified atom stereocenters. The molecule has 0 radical (unpaired) electrons. The Balaban J connectivity index is 2.52. The second kappa shape index (κ2) is 4.49. The van der Waals surface area contributed by atoms with E-state index in [1.54, 1.807) is 18.3 Å². The highest BCUT2D eigenvalue weighted by molar-refractivity contribution is 6.33. The quantitative estimate of drug-likeness (QED) is 0.766. The molecule has 2 rings (SSSR count). The van der Waals surface area contributed by atoms with E-state index in [0.29, 0.717) is 10.6 Å². The number of aldehydes is 1. The lowest BCUT2D eigenvalue weighted by molar-refractivity contribution is 0.112. The van der Waals surface area contributed by atoms with Crippen LogP contribution in [0.1, 0.15) is 17.3 Å². The SMILES string of the molecule is CCn1ccnc1-c1ccc(C=O)cc1Cl. The van der Waals surface area contributed by atoms with Gasteiger partial charge in [0.05, 0.1) is 5.02 Å². The normalized spacial score (nSPS) is 10.4. The molecule has 0 N–H and O–H groups in total. The first-order valence-electron chi connectivity index (χ1n) is 5.02. The maximum Gasteiger partial charge on any atom is 0.150 e. The minimum absolute atomic E-state index is 0.547. The van der Waals surface area contributed by atoms with Crippen molar-refractivity contribution in [1.29, 1.82) is 0 Å². The highest BCUT2D eigenvalue weighted by Crippen LogP contribution is 2.27. The number of benzene rings is 1. The van der Waals surface area contributed by atoms with Crippen molar-refractivity contribution >= 4 is 17.9 Å². The number of imidazole rings is 1. The van der Waals surface area contributed by atoms with Crippen LogP contribution in [-0.4, -0.2) is 15.8 Å². The fraction of sp³-hybridized carbons (Fsp3) is 0.167. The smallest absolute Gasteiger partial charge is 0.150 e. The number of hydrogen-bond donors (Lipinski definition) is 0. The second-order valence-electron chi connectivity index (χ2n) is 3.39. The maximum absolute atomic E-state index is 10.6. The van der Waals surface area contributed by atoms with Gasteiger partial charge in [-0.05, 0) is 19.1 Å². The van der Waals surface area contributed by atoms with Crippen LogP contribution in [0.15, 0.2) is 30.6 Å². The fourth-order valence-electron chi connectivity index (χ4n) is 1.59. The summed E-state index contributed by atoms with van der Waals surface area (Å²) in [5.74, 6) is 0.824. The van der Waals surface area contributed by atoms with Crippen LogP contribution in [0.3, 0.4) is 0 Å². The van der Waals surface area contributed by atoms with Crippen LogP contribution in [-0.2, 0) is 6.54 Å². The van der Waals surface area contributed by atoms with Gasteiger partial charge in [0, 0.05) is 30.1 Å². The highest BCUT2D eigenvalue weighted by atomic mass is 35.5. The van der Waals surface area contributed by atoms with Gasteiger partial charge in [-0.2, -0.15) is 0 Å². The van der Waals surface area contributed by atoms with Crippen molar-refractivity contribution in [3.63, 3.8) is 0 Å². The van der Waals surface area contributed by atoms with E-state index in [0.717, 1.165) is 24.2 Å². The van der Waals surface area contributed by atoms with Crippen LogP contribution in [0.4, 0.5) is 0 Å². The molecule has 1 aromatic heterocycles. The molecule has 3 nitrogen and oxygen atoms in total. The molecule has 0 saturated carbocycles. The first-order chi connectivity index (χ1) is 7.76. The summed E-state index contributed by atoms with van der Waals surface area (Å²) in [5.41, 5.74) is 1.42. The average molecular weight is 235 g/mol. The molecule has 0 bridgehead atoms. The Bertz CT molecular complexity index is 519. The number of halogens is 1. The number of carbonyl (C=O) groups excluding carboxylic acids is 1. The number of nitrogens with zero attached hydrogens (tertiary/aromatic N) is 2. The molecule has 0 fully saturated rings. The minimum Gasteiger partial charge on any atom is -0.331 e. The van der Waals surface area contributed by atoms with Gasteiger partial charge >= 0.3 is 0 Å². The van der Waals surface area contributed by atoms with Crippen LogP contribution >= 0.6 is 11.6 Å². The lowest BCUT2D eigenvalue weighted by Gasteiger charge is -2.06. The Morgan fingerprint density at radius 1 is 1.50 bits per heavy atom. The molecule has 16 heavy (non-hydrogen) atoms. The molecule has 0 aliphatic carbocycles. The number of aryl methyl sites for hydroxylation is 1. The Kier molecular flexibility index (Phi) is 3.06. The van der Waals surface area contributed by atoms with Crippen molar-refractivity contribution in [2.75, 3.05) is 0 Å². The van der Waals surface area contributed by atoms with Crippen molar-refractivity contribution in [2.45, 2.75) is 13.5 Å². The van der Waals surface area contributed by atoms with E-state index in [1.807, 2.05) is 23.8 Å². The third-order valence-corrected chi connectivity index (χ3v) is 2.74. The molecule has 4 heteroatoms. The summed E-state index contributed by atoms with van der Waals surface area (Å²) in [6, 6.07) is 5.21. The van der Waals surface area contributed by atoms with E-state index in [2.05, 4.69) is 4.98 Å². The predicted molar refractivity (Wildman–Crippen MR) is 63.7 cm³/mol. The summed E-state index contributed by atoms with van der Waals surface area (Å²) in [5, 5.41) is 0.547. The van der Waals surface area contributed by atoms with E-state index in [-0.39, 0.29) is 0 Å². The summed E-state index contributed by atoms with van der Waals surface area (Å²) < 4.78 is 2.00. The van der Waals surface area contributed by atoms with Crippen LogP contribution in [0.25, 0.3) is 11.4 Å². The molecular formula is C12H11ClN2O. The Morgan fingerprint density at radius 3 is 2.94 bits per heavy atom. The number of hydrogen-bond acceptors (Lipinski definition) is 2. The van der Waals surface area contributed by atoms with Crippen LogP contribution in [0.5, 0.6) is 0 Å². The second-order valence-corrected chi connectivity index (χ2v) is 3.80. The molecule has 82 valence electrons. The van der Waals surface area contributed by atoms with Crippen molar-refractivity contribution in [2.24, 2.45) is 0 Å². The Hall–Kier alpha value is -1.61. The first-order valence-corrected chi connectivity index (χ1v) is 5.40. The van der Waals surface area contributed by atoms with Gasteiger partial charge in [-0.25, -0.2) is 4.98 Å². The summed E-state index contributed by atoms with van der Waals surface area (Å²) in [7, 11) is 0. The maximum atomic E-state index is 10.6. The van der Waals surface area contributed by atoms with Crippen molar-refractivity contribution in [3.8, 4) is 11.4 Å². The molecule has 1 heterocycles. The van der Waals surface area contributed by atoms with E-state index < -0.39 is 0 Å². The third-order valence-electron chi connectivity index (χ3n) is 2.43. The van der Waals surface area contributed by atoms with Gasteiger partial charge in [0.2, 0.25) is 0 Å². The van der Waals surface area contributed by atoms with E-state index in [1.165, 1.54) is 0 Å². The summed E-state index contributed by atoms with van der Waals surface area (Å²) in [6.45, 7) is 2.87. The topological polar surface area (TPSA) is 34.9 Å². The molecule has 0 atom stereocenters. The molecule has 0 spiro atoms. The fourth-order valence-corrected chi connectivity index (χ4v) is 1.87. The van der Waals surface area contributed by atoms with Crippen molar-refractivity contribution < 1.29 is 4.79 Å². The molecular weight excluding hydrogens is 224 g/mol. The first kappa shape index (κ1) is 10.9. The van der Waals surface area contributed by atoms with E-state index in [9.17, 15) is 4.79 Å². The number of aromatic nitrogens is 2. The molecule has 0 aliphatic heterocycles. The van der Waals surface area contributed by atoms with Gasteiger partial charge in [-0.3, -0.25) is 4.79 Å². The zero-order chi connectivity index (χ0) is 11.5. The van der Waals surface area contributed by atoms with Crippen LogP contribution in [0.2, 0.25) is 5.02 Å². The zero-order valence-electron chi connectivity index (χ0n) is 8.85. The van der Waals surface area contributed by atoms with Crippen LogP contribution in [0, 0.1) is 0 Å². The third kappa shape index (κ3) is 1.86. The highest BCUT2D eigenvalue weighted by Gasteiger charge is 2.09. The van der Waals surface area contributed by atoms with Crippen molar-refractivity contribution in [1.82, 2.24) is 9.55 Å². The standard InChI is InChI=1S/C12H11ClN2O/c1-2-15-6-5-14-12(15)10-4-3-9(8-16)7-11(10)13/h3-8H,2H2,1H3. The molecule has 2 aromatic rings. The van der Waals surface area contributed by atoms with Crippen LogP contribution < -0.4 is 0 Å². The zero-order valence-corrected chi connectivity index (χ0v) is 9.61. The largest absolute Gasteiger partial charge is 0.331 e. The summed E-state index contributed by atoms with van der Waals surface area (Å²) >= 11 is 6.12. The summed E-state index contributed by atoms with van der Waals surface area (Å²) in [6.07, 6.45) is 4.42.